The number of nitrogens with one attached hydrogen (secondary N) is 1. The smallest absolute Gasteiger partial charge is 0.237 e. The van der Waals surface area contributed by atoms with E-state index in [2.05, 4.69) is 22.2 Å². The standard InChI is InChI=1S/C21H22ClN3O2S2/c1-11-4-6-14-17(8-11)29-21-18(14)20(23-10-24-21)28-12(2)19(26)25-15-9-13(22)5-7-16(15)27-3/h5,7,9-12H,4,6,8H2,1-3H3,(H,25,26). The monoisotopic (exact) mass is 447 g/mol. The molecule has 1 aliphatic carbocycles. The fourth-order valence-electron chi connectivity index (χ4n) is 3.57. The number of benzene rings is 1. The number of halogens is 1. The lowest BCUT2D eigenvalue weighted by Gasteiger charge is -2.18. The molecule has 0 bridgehead atoms. The number of aromatic nitrogens is 2. The number of ether oxygens (including phenoxy) is 1. The van der Waals surface area contributed by atoms with E-state index in [0.29, 0.717) is 22.4 Å². The van der Waals surface area contributed by atoms with Gasteiger partial charge in [0.05, 0.1) is 18.0 Å². The second kappa shape index (κ2) is 8.50. The Morgan fingerprint density at radius 1 is 1.41 bits per heavy atom. The van der Waals surface area contributed by atoms with Crippen LogP contribution in [0.15, 0.2) is 29.6 Å². The molecule has 5 nitrogen and oxygen atoms in total. The lowest BCUT2D eigenvalue weighted by molar-refractivity contribution is -0.115. The number of aryl methyl sites for hydroxylation is 1. The van der Waals surface area contributed by atoms with Crippen molar-refractivity contribution >= 4 is 56.5 Å². The Kier molecular flexibility index (Phi) is 5.99. The minimum absolute atomic E-state index is 0.125. The Balaban J connectivity index is 1.57. The maximum Gasteiger partial charge on any atom is 0.237 e. The molecule has 0 saturated heterocycles. The highest BCUT2D eigenvalue weighted by Gasteiger charge is 2.25. The maximum atomic E-state index is 12.8. The van der Waals surface area contributed by atoms with Gasteiger partial charge in [0.1, 0.15) is 21.9 Å². The summed E-state index contributed by atoms with van der Waals surface area (Å²) in [5.74, 6) is 1.16. The third kappa shape index (κ3) is 4.22. The maximum absolute atomic E-state index is 12.8. The van der Waals surface area contributed by atoms with E-state index < -0.39 is 0 Å². The fourth-order valence-corrected chi connectivity index (χ4v) is 6.10. The second-order valence-electron chi connectivity index (χ2n) is 7.30. The molecule has 0 aliphatic heterocycles. The molecule has 0 radical (unpaired) electrons. The first-order valence-electron chi connectivity index (χ1n) is 9.52. The second-order valence-corrected chi connectivity index (χ2v) is 10.2. The number of thioether (sulfide) groups is 1. The van der Waals surface area contributed by atoms with Gasteiger partial charge in [-0.2, -0.15) is 0 Å². The molecule has 4 rings (SSSR count). The van der Waals surface area contributed by atoms with Crippen molar-refractivity contribution in [1.82, 2.24) is 9.97 Å². The average molecular weight is 448 g/mol. The summed E-state index contributed by atoms with van der Waals surface area (Å²) in [5, 5.41) is 5.13. The van der Waals surface area contributed by atoms with Crippen LogP contribution in [0.2, 0.25) is 5.02 Å². The van der Waals surface area contributed by atoms with Gasteiger partial charge >= 0.3 is 0 Å². The van der Waals surface area contributed by atoms with Gasteiger partial charge in [0.15, 0.2) is 0 Å². The Morgan fingerprint density at radius 2 is 2.24 bits per heavy atom. The first-order chi connectivity index (χ1) is 14.0. The van der Waals surface area contributed by atoms with Crippen LogP contribution in [0.1, 0.15) is 30.7 Å². The number of rotatable bonds is 5. The highest BCUT2D eigenvalue weighted by molar-refractivity contribution is 8.00. The number of carbonyl (C=O) groups is 1. The van der Waals surface area contributed by atoms with E-state index in [0.717, 1.165) is 28.1 Å². The lowest BCUT2D eigenvalue weighted by Crippen LogP contribution is -2.23. The zero-order valence-electron chi connectivity index (χ0n) is 16.5. The van der Waals surface area contributed by atoms with Gasteiger partial charge in [-0.1, -0.05) is 30.3 Å². The molecule has 2 aromatic heterocycles. The van der Waals surface area contributed by atoms with Gasteiger partial charge in [0, 0.05) is 15.3 Å². The molecule has 1 N–H and O–H groups in total. The van der Waals surface area contributed by atoms with E-state index in [1.165, 1.54) is 28.6 Å². The van der Waals surface area contributed by atoms with Gasteiger partial charge < -0.3 is 10.1 Å². The SMILES string of the molecule is COc1ccc(Cl)cc1NC(=O)C(C)Sc1ncnc2sc3c(c12)CCC(C)C3. The summed E-state index contributed by atoms with van der Waals surface area (Å²) in [6, 6.07) is 5.16. The summed E-state index contributed by atoms with van der Waals surface area (Å²) in [6.45, 7) is 4.18. The molecule has 0 spiro atoms. The molecule has 2 unspecified atom stereocenters. The summed E-state index contributed by atoms with van der Waals surface area (Å²) < 4.78 is 5.32. The zero-order chi connectivity index (χ0) is 20.5. The quantitative estimate of drug-likeness (QED) is 0.407. The van der Waals surface area contributed by atoms with Crippen LogP contribution < -0.4 is 10.1 Å². The molecular formula is C21H22ClN3O2S2. The number of carbonyl (C=O) groups excluding carboxylic acids is 1. The fraction of sp³-hybridized carbons (Fsp3) is 0.381. The highest BCUT2D eigenvalue weighted by Crippen LogP contribution is 2.41. The van der Waals surface area contributed by atoms with Crippen molar-refractivity contribution in [1.29, 1.82) is 0 Å². The summed E-state index contributed by atoms with van der Waals surface area (Å²) in [5.41, 5.74) is 1.93. The van der Waals surface area contributed by atoms with Crippen LogP contribution in [0.25, 0.3) is 10.2 Å². The number of anilines is 1. The summed E-state index contributed by atoms with van der Waals surface area (Å²) >= 11 is 9.30. The van der Waals surface area contributed by atoms with Gasteiger partial charge in [-0.05, 0) is 55.9 Å². The Labute approximate surface area is 183 Å². The van der Waals surface area contributed by atoms with Crippen LogP contribution in [0, 0.1) is 5.92 Å². The predicted octanol–water partition coefficient (Wildman–Crippen LogP) is 5.60. The van der Waals surface area contributed by atoms with Gasteiger partial charge in [-0.3, -0.25) is 4.79 Å². The zero-order valence-corrected chi connectivity index (χ0v) is 18.9. The van der Waals surface area contributed by atoms with Crippen LogP contribution in [0.4, 0.5) is 5.69 Å². The van der Waals surface area contributed by atoms with E-state index in [1.54, 1.807) is 43.0 Å². The van der Waals surface area contributed by atoms with Crippen molar-refractivity contribution in [2.45, 2.75) is 43.4 Å². The van der Waals surface area contributed by atoms with Gasteiger partial charge in [0.2, 0.25) is 5.91 Å². The number of nitrogens with zero attached hydrogens (tertiary/aromatic N) is 2. The van der Waals surface area contributed by atoms with E-state index in [-0.39, 0.29) is 11.2 Å². The first-order valence-corrected chi connectivity index (χ1v) is 11.6. The van der Waals surface area contributed by atoms with Crippen molar-refractivity contribution in [3.63, 3.8) is 0 Å². The Bertz CT molecular complexity index is 1070. The van der Waals surface area contributed by atoms with E-state index >= 15 is 0 Å². The van der Waals surface area contributed by atoms with Crippen LogP contribution in [0.5, 0.6) is 5.75 Å². The molecule has 152 valence electrons. The van der Waals surface area contributed by atoms with Crippen molar-refractivity contribution in [3.8, 4) is 5.75 Å². The molecule has 2 heterocycles. The predicted molar refractivity (Wildman–Crippen MR) is 121 cm³/mol. The summed E-state index contributed by atoms with van der Waals surface area (Å²) in [7, 11) is 1.56. The molecule has 0 saturated carbocycles. The van der Waals surface area contributed by atoms with Crippen molar-refractivity contribution in [2.75, 3.05) is 12.4 Å². The largest absolute Gasteiger partial charge is 0.495 e. The molecule has 3 aromatic rings. The van der Waals surface area contributed by atoms with Crippen molar-refractivity contribution < 1.29 is 9.53 Å². The number of thiophene rings is 1. The molecular weight excluding hydrogens is 426 g/mol. The Hall–Kier alpha value is -1.83. The minimum atomic E-state index is -0.338. The number of fused-ring (bicyclic) bond motifs is 3. The molecule has 1 aliphatic rings. The Morgan fingerprint density at radius 3 is 3.03 bits per heavy atom. The number of amides is 1. The third-order valence-electron chi connectivity index (χ3n) is 5.13. The molecule has 1 amide bonds. The lowest BCUT2D eigenvalue weighted by atomic mass is 9.89. The normalized spacial score (nSPS) is 17.0. The number of hydrogen-bond acceptors (Lipinski definition) is 6. The average Bonchev–Trinajstić information content (AvgIpc) is 3.06. The van der Waals surface area contributed by atoms with Gasteiger partial charge in [0.25, 0.3) is 0 Å². The van der Waals surface area contributed by atoms with Crippen LogP contribution in [-0.4, -0.2) is 28.2 Å². The topological polar surface area (TPSA) is 64.1 Å². The number of hydrogen-bond donors (Lipinski definition) is 1. The van der Waals surface area contributed by atoms with Gasteiger partial charge in [-0.25, -0.2) is 9.97 Å². The van der Waals surface area contributed by atoms with Crippen LogP contribution >= 0.6 is 34.7 Å². The third-order valence-corrected chi connectivity index (χ3v) is 7.63. The molecule has 2 atom stereocenters. The van der Waals surface area contributed by atoms with Crippen molar-refractivity contribution in [3.05, 3.63) is 40.0 Å². The highest BCUT2D eigenvalue weighted by atomic mass is 35.5. The van der Waals surface area contributed by atoms with E-state index in [9.17, 15) is 4.79 Å². The van der Waals surface area contributed by atoms with E-state index in [1.807, 2.05) is 6.92 Å². The number of methoxy groups -OCH3 is 1. The van der Waals surface area contributed by atoms with E-state index in [4.69, 9.17) is 16.3 Å². The molecule has 29 heavy (non-hydrogen) atoms. The molecule has 8 heteroatoms. The van der Waals surface area contributed by atoms with Crippen molar-refractivity contribution in [2.24, 2.45) is 5.92 Å². The molecule has 1 aromatic carbocycles. The summed E-state index contributed by atoms with van der Waals surface area (Å²) in [4.78, 5) is 24.3. The first kappa shape index (κ1) is 20.4. The van der Waals surface area contributed by atoms with Gasteiger partial charge in [-0.15, -0.1) is 11.3 Å². The molecule has 0 fully saturated rings. The van der Waals surface area contributed by atoms with Crippen LogP contribution in [-0.2, 0) is 17.6 Å². The minimum Gasteiger partial charge on any atom is -0.495 e. The van der Waals surface area contributed by atoms with Crippen LogP contribution in [0.3, 0.4) is 0 Å². The summed E-state index contributed by atoms with van der Waals surface area (Å²) in [6.07, 6.45) is 4.94.